The Morgan fingerprint density at radius 1 is 1.40 bits per heavy atom. The van der Waals surface area contributed by atoms with Gasteiger partial charge >= 0.3 is 0 Å². The highest BCUT2D eigenvalue weighted by molar-refractivity contribution is 5.77. The number of nitrogens with one attached hydrogen (secondary N) is 2. The molecule has 0 radical (unpaired) electrons. The summed E-state index contributed by atoms with van der Waals surface area (Å²) in [4.78, 5) is 13.6. The van der Waals surface area contributed by atoms with E-state index >= 15 is 0 Å². The van der Waals surface area contributed by atoms with E-state index in [-0.39, 0.29) is 5.91 Å². The second-order valence-corrected chi connectivity index (χ2v) is 5.39. The maximum absolute atomic E-state index is 11.3. The van der Waals surface area contributed by atoms with Gasteiger partial charge in [-0.3, -0.25) is 9.69 Å². The third-order valence-corrected chi connectivity index (χ3v) is 4.07. The highest BCUT2D eigenvalue weighted by Gasteiger charge is 2.20. The molecule has 1 aromatic heterocycles. The van der Waals surface area contributed by atoms with Crippen LogP contribution in [0.5, 0.6) is 0 Å². The van der Waals surface area contributed by atoms with Gasteiger partial charge in [0.05, 0.1) is 6.54 Å². The summed E-state index contributed by atoms with van der Waals surface area (Å²) in [5.41, 5.74) is 1.35. The summed E-state index contributed by atoms with van der Waals surface area (Å²) < 4.78 is 2.27. The molecule has 0 bridgehead atoms. The van der Waals surface area contributed by atoms with Crippen LogP contribution in [0, 0.1) is 0 Å². The zero-order valence-electron chi connectivity index (χ0n) is 12.6. The van der Waals surface area contributed by atoms with Crippen molar-refractivity contribution in [1.29, 1.82) is 0 Å². The average Bonchev–Trinajstić information content (AvgIpc) is 2.94. The quantitative estimate of drug-likeness (QED) is 0.809. The summed E-state index contributed by atoms with van der Waals surface area (Å²) in [5.74, 6) is 0.109. The summed E-state index contributed by atoms with van der Waals surface area (Å²) >= 11 is 0. The fraction of sp³-hybridized carbons (Fsp3) is 0.667. The smallest absolute Gasteiger partial charge is 0.233 e. The Morgan fingerprint density at radius 3 is 2.80 bits per heavy atom. The fourth-order valence-corrected chi connectivity index (χ4v) is 2.74. The van der Waals surface area contributed by atoms with Crippen molar-refractivity contribution in [3.63, 3.8) is 0 Å². The molecule has 0 unspecified atom stereocenters. The van der Waals surface area contributed by atoms with E-state index in [0.717, 1.165) is 39.0 Å². The molecule has 5 nitrogen and oxygen atoms in total. The van der Waals surface area contributed by atoms with Gasteiger partial charge in [-0.1, -0.05) is 0 Å². The lowest BCUT2D eigenvalue weighted by molar-refractivity contribution is -0.122. The van der Waals surface area contributed by atoms with E-state index in [9.17, 15) is 4.79 Å². The Hall–Kier alpha value is -1.33. The third-order valence-electron chi connectivity index (χ3n) is 4.07. The van der Waals surface area contributed by atoms with Crippen molar-refractivity contribution < 1.29 is 4.79 Å². The van der Waals surface area contributed by atoms with Crippen LogP contribution in [0.25, 0.3) is 0 Å². The second-order valence-electron chi connectivity index (χ2n) is 5.39. The van der Waals surface area contributed by atoms with Crippen LogP contribution >= 0.6 is 0 Å². The largest absolute Gasteiger partial charge is 0.358 e. The first-order valence-electron chi connectivity index (χ1n) is 7.53. The van der Waals surface area contributed by atoms with Crippen LogP contribution in [0.2, 0.25) is 0 Å². The van der Waals surface area contributed by atoms with Gasteiger partial charge in [0, 0.05) is 51.2 Å². The fourth-order valence-electron chi connectivity index (χ4n) is 2.74. The number of aromatic nitrogens is 1. The normalized spacial score (nSPS) is 17.3. The highest BCUT2D eigenvalue weighted by atomic mass is 16.1. The minimum Gasteiger partial charge on any atom is -0.358 e. The number of carbonyl (C=O) groups excluding carboxylic acids is 1. The maximum atomic E-state index is 11.3. The number of carbonyl (C=O) groups is 1. The van der Waals surface area contributed by atoms with Crippen LogP contribution < -0.4 is 10.6 Å². The van der Waals surface area contributed by atoms with Gasteiger partial charge in [0.25, 0.3) is 0 Å². The Bertz CT molecular complexity index is 421. The van der Waals surface area contributed by atoms with E-state index in [0.29, 0.717) is 12.6 Å². The molecule has 2 rings (SSSR count). The van der Waals surface area contributed by atoms with Gasteiger partial charge in [0.2, 0.25) is 5.91 Å². The number of nitrogens with zero attached hydrogens (tertiary/aromatic N) is 2. The zero-order chi connectivity index (χ0) is 14.4. The van der Waals surface area contributed by atoms with Gasteiger partial charge in [0.1, 0.15) is 0 Å². The number of piperidine rings is 1. The standard InChI is InChI=1S/C15H26N4O/c1-3-19-8-4-5-14(19)11-17-13-6-9-18(10-7-13)12-15(20)16-2/h4-5,8,13,17H,3,6-7,9-12H2,1-2H3,(H,16,20). The molecule has 1 amide bonds. The Kier molecular flexibility index (Phi) is 5.61. The van der Waals surface area contributed by atoms with Crippen LogP contribution in [0.15, 0.2) is 18.3 Å². The number of aryl methyl sites for hydroxylation is 1. The Balaban J connectivity index is 1.71. The molecule has 1 fully saturated rings. The van der Waals surface area contributed by atoms with Crippen LogP contribution in [0.4, 0.5) is 0 Å². The molecular formula is C15H26N4O. The zero-order valence-corrected chi connectivity index (χ0v) is 12.6. The lowest BCUT2D eigenvalue weighted by Gasteiger charge is -2.31. The molecule has 0 aromatic carbocycles. The molecule has 1 aromatic rings. The summed E-state index contributed by atoms with van der Waals surface area (Å²) in [6, 6.07) is 4.85. The molecule has 112 valence electrons. The molecule has 5 heteroatoms. The van der Waals surface area contributed by atoms with Crippen molar-refractivity contribution in [2.75, 3.05) is 26.7 Å². The summed E-state index contributed by atoms with van der Waals surface area (Å²) in [6.45, 7) is 6.65. The number of hydrogen-bond donors (Lipinski definition) is 2. The van der Waals surface area contributed by atoms with Crippen molar-refractivity contribution in [3.05, 3.63) is 24.0 Å². The maximum Gasteiger partial charge on any atom is 0.233 e. The van der Waals surface area contributed by atoms with Crippen LogP contribution in [0.1, 0.15) is 25.5 Å². The predicted molar refractivity (Wildman–Crippen MR) is 80.5 cm³/mol. The van der Waals surface area contributed by atoms with Gasteiger partial charge < -0.3 is 15.2 Å². The van der Waals surface area contributed by atoms with E-state index in [1.807, 2.05) is 0 Å². The molecule has 0 spiro atoms. The minimum atomic E-state index is 0.109. The summed E-state index contributed by atoms with van der Waals surface area (Å²) in [7, 11) is 1.69. The van der Waals surface area contributed by atoms with Crippen LogP contribution in [-0.2, 0) is 17.9 Å². The highest BCUT2D eigenvalue weighted by Crippen LogP contribution is 2.11. The van der Waals surface area contributed by atoms with Gasteiger partial charge in [-0.05, 0) is 31.9 Å². The van der Waals surface area contributed by atoms with E-state index in [1.165, 1.54) is 5.69 Å². The lowest BCUT2D eigenvalue weighted by Crippen LogP contribution is -2.45. The molecule has 1 aliphatic heterocycles. The lowest BCUT2D eigenvalue weighted by atomic mass is 10.0. The van der Waals surface area contributed by atoms with Crippen molar-refractivity contribution in [2.45, 2.75) is 38.9 Å². The molecule has 2 heterocycles. The molecule has 0 saturated carbocycles. The van der Waals surface area contributed by atoms with Gasteiger partial charge in [-0.25, -0.2) is 0 Å². The van der Waals surface area contributed by atoms with Crippen molar-refractivity contribution in [1.82, 2.24) is 20.1 Å². The first kappa shape index (κ1) is 15.1. The number of rotatable bonds is 6. The molecule has 2 N–H and O–H groups in total. The predicted octanol–water partition coefficient (Wildman–Crippen LogP) is 0.808. The topological polar surface area (TPSA) is 49.3 Å². The average molecular weight is 278 g/mol. The number of hydrogen-bond acceptors (Lipinski definition) is 3. The van der Waals surface area contributed by atoms with Gasteiger partial charge in [-0.15, -0.1) is 0 Å². The first-order chi connectivity index (χ1) is 9.72. The number of likely N-dealkylation sites (tertiary alicyclic amines) is 1. The van der Waals surface area contributed by atoms with Crippen molar-refractivity contribution in [2.24, 2.45) is 0 Å². The monoisotopic (exact) mass is 278 g/mol. The molecular weight excluding hydrogens is 252 g/mol. The molecule has 0 atom stereocenters. The van der Waals surface area contributed by atoms with Gasteiger partial charge in [-0.2, -0.15) is 0 Å². The van der Waals surface area contributed by atoms with E-state index in [1.54, 1.807) is 7.05 Å². The molecule has 1 saturated heterocycles. The summed E-state index contributed by atoms with van der Waals surface area (Å²) in [6.07, 6.45) is 4.36. The van der Waals surface area contributed by atoms with E-state index in [4.69, 9.17) is 0 Å². The third kappa shape index (κ3) is 4.08. The molecule has 1 aliphatic rings. The Morgan fingerprint density at radius 2 is 2.15 bits per heavy atom. The van der Waals surface area contributed by atoms with Crippen LogP contribution in [-0.4, -0.2) is 48.1 Å². The second kappa shape index (κ2) is 7.45. The number of amides is 1. The van der Waals surface area contributed by atoms with Gasteiger partial charge in [0.15, 0.2) is 0 Å². The first-order valence-corrected chi connectivity index (χ1v) is 7.53. The molecule has 20 heavy (non-hydrogen) atoms. The molecule has 0 aliphatic carbocycles. The van der Waals surface area contributed by atoms with Crippen molar-refractivity contribution in [3.8, 4) is 0 Å². The minimum absolute atomic E-state index is 0.109. The SMILES string of the molecule is CCn1cccc1CNC1CCN(CC(=O)NC)CC1. The number of likely N-dealkylation sites (N-methyl/N-ethyl adjacent to an activating group) is 1. The van der Waals surface area contributed by atoms with Crippen LogP contribution in [0.3, 0.4) is 0 Å². The van der Waals surface area contributed by atoms with Crippen molar-refractivity contribution >= 4 is 5.91 Å². The summed E-state index contributed by atoms with van der Waals surface area (Å²) in [5, 5.41) is 6.32. The van der Waals surface area contributed by atoms with E-state index in [2.05, 4.69) is 45.4 Å². The Labute approximate surface area is 121 Å². The van der Waals surface area contributed by atoms with E-state index < -0.39 is 0 Å².